The monoisotopic (exact) mass is 390 g/mol. The minimum absolute atomic E-state index is 0.00635. The van der Waals surface area contributed by atoms with Crippen molar-refractivity contribution < 1.29 is 9.59 Å². The number of piperidine rings is 1. The molecule has 1 spiro atoms. The topological polar surface area (TPSA) is 131 Å². The van der Waals surface area contributed by atoms with Gasteiger partial charge in [-0.15, -0.1) is 0 Å². The highest BCUT2D eigenvalue weighted by Crippen LogP contribution is 2.50. The summed E-state index contributed by atoms with van der Waals surface area (Å²) < 4.78 is 0. The van der Waals surface area contributed by atoms with Gasteiger partial charge in [0.1, 0.15) is 17.2 Å². The van der Waals surface area contributed by atoms with E-state index in [1.54, 1.807) is 24.3 Å². The van der Waals surface area contributed by atoms with E-state index in [0.717, 1.165) is 32.4 Å². The van der Waals surface area contributed by atoms with Crippen LogP contribution < -0.4 is 21.1 Å². The number of anilines is 3. The predicted octanol–water partition coefficient (Wildman–Crippen LogP) is 1.09. The Morgan fingerprint density at radius 2 is 1.86 bits per heavy atom. The normalized spacial score (nSPS) is 25.1. The number of carbonyl (C=O) groups is 2. The van der Waals surface area contributed by atoms with Crippen molar-refractivity contribution in [3.8, 4) is 6.07 Å². The van der Waals surface area contributed by atoms with Crippen LogP contribution in [0.3, 0.4) is 0 Å². The van der Waals surface area contributed by atoms with Crippen molar-refractivity contribution in [3.05, 3.63) is 45.7 Å². The van der Waals surface area contributed by atoms with Gasteiger partial charge < -0.3 is 15.5 Å². The summed E-state index contributed by atoms with van der Waals surface area (Å²) in [6.07, 6.45) is 3.10. The lowest BCUT2D eigenvalue weighted by Crippen LogP contribution is -2.54. The Morgan fingerprint density at radius 1 is 1.10 bits per heavy atom. The van der Waals surface area contributed by atoms with Crippen molar-refractivity contribution in [3.63, 3.8) is 0 Å². The van der Waals surface area contributed by atoms with Crippen molar-refractivity contribution in [2.75, 3.05) is 28.6 Å². The molecule has 1 aromatic carbocycles. The quantitative estimate of drug-likeness (QED) is 0.668. The molecule has 0 radical (unpaired) electrons. The average Bonchev–Trinajstić information content (AvgIpc) is 3.01. The lowest BCUT2D eigenvalue weighted by Gasteiger charge is -2.36. The molecule has 4 heterocycles. The van der Waals surface area contributed by atoms with Gasteiger partial charge in [-0.2, -0.15) is 10.2 Å². The molecule has 1 saturated heterocycles. The number of nitrogens with one attached hydrogen (secondary N) is 3. The Hall–Kier alpha value is -3.67. The Kier molecular flexibility index (Phi) is 3.71. The van der Waals surface area contributed by atoms with E-state index in [1.165, 1.54) is 0 Å². The molecule has 9 nitrogen and oxygen atoms in total. The minimum Gasteiger partial charge on any atom is -0.342 e. The van der Waals surface area contributed by atoms with Crippen LogP contribution in [0.15, 0.2) is 29.1 Å². The fourth-order valence-corrected chi connectivity index (χ4v) is 4.67. The van der Waals surface area contributed by atoms with Gasteiger partial charge >= 0.3 is 0 Å². The lowest BCUT2D eigenvalue weighted by molar-refractivity contribution is -0.127. The van der Waals surface area contributed by atoms with Gasteiger partial charge in [0.05, 0.1) is 11.6 Å². The third kappa shape index (κ3) is 2.26. The number of nitriles is 1. The van der Waals surface area contributed by atoms with Crippen LogP contribution in [-0.4, -0.2) is 34.9 Å². The number of nitrogens with zero attached hydrogens (tertiary/aromatic N) is 3. The summed E-state index contributed by atoms with van der Waals surface area (Å²) in [5.41, 5.74) is -1.33. The molecule has 3 aliphatic rings. The summed E-state index contributed by atoms with van der Waals surface area (Å²) in [5, 5.41) is 15.1. The first-order valence-electron chi connectivity index (χ1n) is 9.58. The summed E-state index contributed by atoms with van der Waals surface area (Å²) in [6.45, 7) is 1.51. The molecule has 2 amide bonds. The largest absolute Gasteiger partial charge is 0.342 e. The summed E-state index contributed by atoms with van der Waals surface area (Å²) in [6, 6.07) is 8.75. The molecule has 9 heteroatoms. The number of carbonyl (C=O) groups excluding carboxylic acids is 2. The SMILES string of the molecule is N#C[C@H]1C(=O)Nc2nc(N3CCCCC3)[nH]c(=O)c2[C@@]12C(=O)Nc1ccccc12. The molecule has 0 aliphatic carbocycles. The summed E-state index contributed by atoms with van der Waals surface area (Å²) >= 11 is 0. The molecule has 5 rings (SSSR count). The zero-order valence-corrected chi connectivity index (χ0v) is 15.5. The van der Waals surface area contributed by atoms with Gasteiger partial charge in [-0.05, 0) is 30.9 Å². The van der Waals surface area contributed by atoms with Crippen molar-refractivity contribution in [2.24, 2.45) is 5.92 Å². The third-order valence-electron chi connectivity index (χ3n) is 5.98. The number of benzene rings is 1. The molecule has 0 saturated carbocycles. The Balaban J connectivity index is 1.78. The molecule has 1 aromatic heterocycles. The minimum atomic E-state index is -1.73. The first kappa shape index (κ1) is 17.4. The fraction of sp³-hybridized carbons (Fsp3) is 0.350. The Labute approximate surface area is 165 Å². The van der Waals surface area contributed by atoms with Crippen LogP contribution in [0.1, 0.15) is 30.4 Å². The number of amides is 2. The van der Waals surface area contributed by atoms with Crippen LogP contribution >= 0.6 is 0 Å². The first-order valence-corrected chi connectivity index (χ1v) is 9.58. The van der Waals surface area contributed by atoms with Crippen molar-refractivity contribution in [1.82, 2.24) is 9.97 Å². The number of aromatic amines is 1. The standard InChI is InChI=1S/C20H18N6O3/c21-10-12-16(27)23-15-14(17(28)25-19(24-15)26-8-4-1-5-9-26)20(12)11-6-2-3-7-13(11)22-18(20)29/h2-3,6-7,12H,1,4-5,8-9H2,(H,22,29)(H2,23,24,25,27,28)/t12-,20-/m0/s1. The molecule has 2 atom stereocenters. The summed E-state index contributed by atoms with van der Waals surface area (Å²) in [5.74, 6) is -2.19. The van der Waals surface area contributed by atoms with E-state index in [4.69, 9.17) is 0 Å². The van der Waals surface area contributed by atoms with Gasteiger partial charge in [0.25, 0.3) is 5.56 Å². The molecular formula is C20H18N6O3. The molecule has 29 heavy (non-hydrogen) atoms. The zero-order chi connectivity index (χ0) is 20.2. The highest BCUT2D eigenvalue weighted by atomic mass is 16.2. The van der Waals surface area contributed by atoms with E-state index < -0.39 is 28.7 Å². The molecule has 146 valence electrons. The van der Waals surface area contributed by atoms with Crippen LogP contribution in [0.5, 0.6) is 0 Å². The van der Waals surface area contributed by atoms with Crippen LogP contribution in [0.4, 0.5) is 17.5 Å². The fourth-order valence-electron chi connectivity index (χ4n) is 4.67. The highest BCUT2D eigenvalue weighted by molar-refractivity contribution is 6.16. The number of para-hydroxylation sites is 1. The summed E-state index contributed by atoms with van der Waals surface area (Å²) in [7, 11) is 0. The molecular weight excluding hydrogens is 372 g/mol. The maximum absolute atomic E-state index is 13.2. The van der Waals surface area contributed by atoms with Gasteiger partial charge in [0.2, 0.25) is 17.8 Å². The van der Waals surface area contributed by atoms with E-state index >= 15 is 0 Å². The van der Waals surface area contributed by atoms with E-state index in [2.05, 4.69) is 20.6 Å². The van der Waals surface area contributed by atoms with Crippen molar-refractivity contribution >= 4 is 29.3 Å². The maximum atomic E-state index is 13.2. The zero-order valence-electron chi connectivity index (χ0n) is 15.5. The predicted molar refractivity (Wildman–Crippen MR) is 105 cm³/mol. The third-order valence-corrected chi connectivity index (χ3v) is 5.98. The second-order valence-corrected chi connectivity index (χ2v) is 7.52. The second kappa shape index (κ2) is 6.17. The Morgan fingerprint density at radius 3 is 2.62 bits per heavy atom. The van der Waals surface area contributed by atoms with Crippen molar-refractivity contribution in [1.29, 1.82) is 5.26 Å². The van der Waals surface area contributed by atoms with Gasteiger partial charge in [-0.25, -0.2) is 0 Å². The van der Waals surface area contributed by atoms with Gasteiger partial charge in [0, 0.05) is 18.8 Å². The average molecular weight is 390 g/mol. The number of aromatic nitrogens is 2. The summed E-state index contributed by atoms with van der Waals surface area (Å²) in [4.78, 5) is 48.5. The molecule has 3 aliphatic heterocycles. The van der Waals surface area contributed by atoms with E-state index in [1.807, 2.05) is 11.0 Å². The van der Waals surface area contributed by atoms with Crippen LogP contribution in [0.2, 0.25) is 0 Å². The number of H-pyrrole nitrogens is 1. The van der Waals surface area contributed by atoms with Crippen LogP contribution in [0, 0.1) is 17.2 Å². The molecule has 1 fully saturated rings. The second-order valence-electron chi connectivity index (χ2n) is 7.52. The number of fused-ring (bicyclic) bond motifs is 4. The van der Waals surface area contributed by atoms with Gasteiger partial charge in [-0.1, -0.05) is 18.2 Å². The maximum Gasteiger partial charge on any atom is 0.259 e. The van der Waals surface area contributed by atoms with E-state index in [9.17, 15) is 19.6 Å². The lowest BCUT2D eigenvalue weighted by atomic mass is 9.65. The smallest absolute Gasteiger partial charge is 0.259 e. The van der Waals surface area contributed by atoms with E-state index in [0.29, 0.717) is 17.2 Å². The van der Waals surface area contributed by atoms with Crippen LogP contribution in [-0.2, 0) is 15.0 Å². The van der Waals surface area contributed by atoms with E-state index in [-0.39, 0.29) is 11.4 Å². The van der Waals surface area contributed by atoms with Crippen LogP contribution in [0.25, 0.3) is 0 Å². The van der Waals surface area contributed by atoms with Crippen molar-refractivity contribution in [2.45, 2.75) is 24.7 Å². The molecule has 0 bridgehead atoms. The molecule has 0 unspecified atom stereocenters. The molecule has 2 aromatic rings. The number of hydrogen-bond acceptors (Lipinski definition) is 6. The number of hydrogen-bond donors (Lipinski definition) is 3. The number of rotatable bonds is 1. The molecule has 3 N–H and O–H groups in total. The Bertz CT molecular complexity index is 1140. The van der Waals surface area contributed by atoms with Gasteiger partial charge in [-0.3, -0.25) is 19.4 Å². The highest BCUT2D eigenvalue weighted by Gasteiger charge is 2.61. The first-order chi connectivity index (χ1) is 14.1. The van der Waals surface area contributed by atoms with Gasteiger partial charge in [0.15, 0.2) is 0 Å².